The van der Waals surface area contributed by atoms with E-state index in [2.05, 4.69) is 15.2 Å². The van der Waals surface area contributed by atoms with E-state index in [1.54, 1.807) is 11.0 Å². The number of rotatable bonds is 8. The molecule has 5 aromatic rings. The first-order chi connectivity index (χ1) is 17.6. The van der Waals surface area contributed by atoms with Crippen molar-refractivity contribution in [1.82, 2.24) is 24.5 Å². The molecule has 0 saturated carbocycles. The predicted octanol–water partition coefficient (Wildman–Crippen LogP) is 2.95. The number of nitrogens with one attached hydrogen (secondary N) is 1. The summed E-state index contributed by atoms with van der Waals surface area (Å²) in [6.45, 7) is 0.882. The number of anilines is 2. The third-order valence-corrected chi connectivity index (χ3v) is 5.81. The molecule has 3 N–H and O–H groups in total. The summed E-state index contributed by atoms with van der Waals surface area (Å²) >= 11 is 0. The molecule has 5 rings (SSSR count). The number of para-hydroxylation sites is 1. The van der Waals surface area contributed by atoms with Crippen LogP contribution in [0.4, 0.5) is 11.5 Å². The van der Waals surface area contributed by atoms with E-state index in [-0.39, 0.29) is 24.6 Å². The number of benzene rings is 3. The number of H-pyrrole nitrogens is 1. The smallest absolute Gasteiger partial charge is 0.330 e. The molecule has 0 spiro atoms. The van der Waals surface area contributed by atoms with Crippen LogP contribution in [0.15, 0.2) is 107 Å². The first kappa shape index (κ1) is 22.9. The monoisotopic (exact) mass is 479 g/mol. The van der Waals surface area contributed by atoms with E-state index in [9.17, 15) is 9.59 Å². The van der Waals surface area contributed by atoms with Gasteiger partial charge in [-0.1, -0.05) is 78.9 Å². The van der Waals surface area contributed by atoms with Gasteiger partial charge in [-0.2, -0.15) is 15.0 Å². The average Bonchev–Trinajstić information content (AvgIpc) is 3.37. The number of nitrogens with two attached hydrogens (primary N) is 1. The zero-order valence-electron chi connectivity index (χ0n) is 19.5. The van der Waals surface area contributed by atoms with Crippen molar-refractivity contribution in [1.29, 1.82) is 0 Å². The van der Waals surface area contributed by atoms with Crippen LogP contribution in [-0.2, 0) is 19.6 Å². The summed E-state index contributed by atoms with van der Waals surface area (Å²) in [5.74, 6) is 0.0963. The highest BCUT2D eigenvalue weighted by Gasteiger charge is 2.21. The lowest BCUT2D eigenvalue weighted by molar-refractivity contribution is 0.697. The van der Waals surface area contributed by atoms with Crippen molar-refractivity contribution < 1.29 is 0 Å². The molecule has 0 unspecified atom stereocenters. The van der Waals surface area contributed by atoms with Gasteiger partial charge in [-0.25, -0.2) is 4.79 Å². The van der Waals surface area contributed by atoms with Gasteiger partial charge in [0.2, 0.25) is 0 Å². The molecule has 0 aliphatic carbocycles. The van der Waals surface area contributed by atoms with Crippen molar-refractivity contribution in [2.24, 2.45) is 0 Å². The maximum Gasteiger partial charge on any atom is 0.330 e. The predicted molar refractivity (Wildman–Crippen MR) is 139 cm³/mol. The molecule has 2 aromatic heterocycles. The molecular formula is C27H25N7O2. The maximum atomic E-state index is 13.1. The van der Waals surface area contributed by atoms with Gasteiger partial charge in [0.25, 0.3) is 5.56 Å². The van der Waals surface area contributed by atoms with Crippen molar-refractivity contribution in [3.05, 3.63) is 135 Å². The van der Waals surface area contributed by atoms with E-state index in [1.165, 1.54) is 4.57 Å². The minimum absolute atomic E-state index is 0.0963. The summed E-state index contributed by atoms with van der Waals surface area (Å²) in [5, 5.41) is 8.98. The maximum absolute atomic E-state index is 13.1. The van der Waals surface area contributed by atoms with E-state index >= 15 is 0 Å². The number of aromatic nitrogens is 5. The SMILES string of the molecule is Nc1c(N(Cc2ccccc2)Cc2cnn(-c3ccccc3)n2)c(=O)[nH]c(=O)n1Cc1ccccc1. The van der Waals surface area contributed by atoms with Crippen LogP contribution < -0.4 is 21.9 Å². The Hall–Kier alpha value is -4.92. The van der Waals surface area contributed by atoms with Gasteiger partial charge < -0.3 is 10.6 Å². The molecule has 0 radical (unpaired) electrons. The lowest BCUT2D eigenvalue weighted by atomic mass is 10.2. The first-order valence-corrected chi connectivity index (χ1v) is 11.5. The van der Waals surface area contributed by atoms with Crippen molar-refractivity contribution in [3.63, 3.8) is 0 Å². The molecule has 180 valence electrons. The van der Waals surface area contributed by atoms with Crippen molar-refractivity contribution in [2.75, 3.05) is 10.6 Å². The fraction of sp³-hybridized carbons (Fsp3) is 0.111. The van der Waals surface area contributed by atoms with E-state index < -0.39 is 11.2 Å². The van der Waals surface area contributed by atoms with E-state index in [0.29, 0.717) is 12.2 Å². The minimum atomic E-state index is -0.556. The van der Waals surface area contributed by atoms with Gasteiger partial charge in [-0.3, -0.25) is 14.3 Å². The second-order valence-electron chi connectivity index (χ2n) is 8.37. The second kappa shape index (κ2) is 10.1. The molecule has 36 heavy (non-hydrogen) atoms. The van der Waals surface area contributed by atoms with E-state index in [1.807, 2.05) is 95.9 Å². The lowest BCUT2D eigenvalue weighted by Gasteiger charge is -2.25. The summed E-state index contributed by atoms with van der Waals surface area (Å²) in [7, 11) is 0. The van der Waals surface area contributed by atoms with Crippen LogP contribution in [0, 0.1) is 0 Å². The first-order valence-electron chi connectivity index (χ1n) is 11.5. The third kappa shape index (κ3) is 4.95. The number of hydrogen-bond acceptors (Lipinski definition) is 6. The molecule has 0 aliphatic heterocycles. The Labute approximate surface area is 207 Å². The standard InChI is InChI=1S/C27H25N7O2/c28-25-24(26(35)30-27(36)33(25)18-21-12-6-2-7-13-21)32(17-20-10-4-1-5-11-20)19-22-16-29-34(31-22)23-14-8-3-9-15-23/h1-16H,17-19,28H2,(H,30,35,36). The summed E-state index contributed by atoms with van der Waals surface area (Å²) in [6.07, 6.45) is 1.66. The van der Waals surface area contributed by atoms with Crippen LogP contribution in [0.1, 0.15) is 16.8 Å². The Morgan fingerprint density at radius 1 is 0.806 bits per heavy atom. The lowest BCUT2D eigenvalue weighted by Crippen LogP contribution is -2.38. The molecule has 0 bridgehead atoms. The van der Waals surface area contributed by atoms with Crippen molar-refractivity contribution in [2.45, 2.75) is 19.6 Å². The summed E-state index contributed by atoms with van der Waals surface area (Å²) in [4.78, 5) is 31.6. The average molecular weight is 480 g/mol. The number of aromatic amines is 1. The Bertz CT molecular complexity index is 1560. The largest absolute Gasteiger partial charge is 0.383 e. The molecule has 0 atom stereocenters. The summed E-state index contributed by atoms with van der Waals surface area (Å²) in [6, 6.07) is 28.8. The van der Waals surface area contributed by atoms with Crippen molar-refractivity contribution >= 4 is 11.5 Å². The van der Waals surface area contributed by atoms with Gasteiger partial charge in [0.1, 0.15) is 17.2 Å². The highest BCUT2D eigenvalue weighted by molar-refractivity contribution is 5.63. The van der Waals surface area contributed by atoms with Crippen LogP contribution in [0.25, 0.3) is 5.69 Å². The summed E-state index contributed by atoms with van der Waals surface area (Å²) in [5.41, 5.74) is 8.95. The molecule has 0 aliphatic rings. The Balaban J connectivity index is 1.54. The molecular weight excluding hydrogens is 454 g/mol. The molecule has 9 nitrogen and oxygen atoms in total. The Morgan fingerprint density at radius 2 is 1.42 bits per heavy atom. The van der Waals surface area contributed by atoms with Crippen LogP contribution in [-0.4, -0.2) is 24.5 Å². The molecule has 0 fully saturated rings. The number of hydrogen-bond donors (Lipinski definition) is 2. The van der Waals surface area contributed by atoms with Gasteiger partial charge in [-0.05, 0) is 23.3 Å². The molecule has 2 heterocycles. The third-order valence-electron chi connectivity index (χ3n) is 5.81. The molecule has 3 aromatic carbocycles. The Morgan fingerprint density at radius 3 is 2.08 bits per heavy atom. The van der Waals surface area contributed by atoms with Crippen LogP contribution in [0.2, 0.25) is 0 Å². The van der Waals surface area contributed by atoms with Crippen molar-refractivity contribution in [3.8, 4) is 5.69 Å². The van der Waals surface area contributed by atoms with E-state index in [4.69, 9.17) is 5.73 Å². The molecule has 9 heteroatoms. The zero-order chi connectivity index (χ0) is 24.9. The topological polar surface area (TPSA) is 115 Å². The number of nitrogen functional groups attached to an aromatic ring is 1. The minimum Gasteiger partial charge on any atom is -0.383 e. The zero-order valence-corrected chi connectivity index (χ0v) is 19.5. The fourth-order valence-corrected chi connectivity index (χ4v) is 4.07. The van der Waals surface area contributed by atoms with Gasteiger partial charge >= 0.3 is 5.69 Å². The van der Waals surface area contributed by atoms with Gasteiger partial charge in [0.15, 0.2) is 0 Å². The van der Waals surface area contributed by atoms with Crippen LogP contribution >= 0.6 is 0 Å². The quantitative estimate of drug-likeness (QED) is 0.354. The van der Waals surface area contributed by atoms with Gasteiger partial charge in [0.05, 0.1) is 25.0 Å². The van der Waals surface area contributed by atoms with Crippen LogP contribution in [0.5, 0.6) is 0 Å². The number of nitrogens with zero attached hydrogens (tertiary/aromatic N) is 5. The van der Waals surface area contributed by atoms with Gasteiger partial charge in [0, 0.05) is 6.54 Å². The second-order valence-corrected chi connectivity index (χ2v) is 8.37. The van der Waals surface area contributed by atoms with E-state index in [0.717, 1.165) is 16.8 Å². The molecule has 0 amide bonds. The molecule has 0 saturated heterocycles. The highest BCUT2D eigenvalue weighted by atomic mass is 16.2. The highest BCUT2D eigenvalue weighted by Crippen LogP contribution is 2.22. The Kier molecular flexibility index (Phi) is 6.44. The normalized spacial score (nSPS) is 10.9. The van der Waals surface area contributed by atoms with Gasteiger partial charge in [-0.15, -0.1) is 0 Å². The fourth-order valence-electron chi connectivity index (χ4n) is 4.07. The van der Waals surface area contributed by atoms with Crippen LogP contribution in [0.3, 0.4) is 0 Å². The summed E-state index contributed by atoms with van der Waals surface area (Å²) < 4.78 is 1.38.